The molecular weight excluding hydrogens is 344 g/mol. The van der Waals surface area contributed by atoms with Crippen molar-refractivity contribution in [2.45, 2.75) is 20.3 Å². The lowest BCUT2D eigenvalue weighted by atomic mass is 10.0. The Labute approximate surface area is 158 Å². The van der Waals surface area contributed by atoms with E-state index >= 15 is 0 Å². The minimum atomic E-state index is -1.65. The number of ether oxygens (including phenoxy) is 2. The van der Waals surface area contributed by atoms with Crippen molar-refractivity contribution >= 4 is 24.1 Å². The lowest BCUT2D eigenvalue weighted by Crippen LogP contribution is -2.20. The Balaban J connectivity index is 2.46. The highest BCUT2D eigenvalue weighted by Gasteiger charge is 2.19. The molecule has 1 N–H and O–H groups in total. The number of esters is 1. The van der Waals surface area contributed by atoms with Crippen LogP contribution in [0.1, 0.15) is 30.5 Å². The molecule has 0 atom stereocenters. The van der Waals surface area contributed by atoms with Gasteiger partial charge in [0.15, 0.2) is 0 Å². The van der Waals surface area contributed by atoms with E-state index < -0.39 is 11.9 Å². The van der Waals surface area contributed by atoms with E-state index in [1.54, 1.807) is 6.07 Å². The second-order valence-electron chi connectivity index (χ2n) is 6.12. The van der Waals surface area contributed by atoms with Gasteiger partial charge in [-0.3, -0.25) is 0 Å². The average molecular weight is 366 g/mol. The first-order chi connectivity index (χ1) is 12.9. The maximum atomic E-state index is 11.6. The Kier molecular flexibility index (Phi) is 6.94. The molecule has 2 aromatic rings. The van der Waals surface area contributed by atoms with Crippen LogP contribution in [0.5, 0.6) is 11.5 Å². The molecule has 0 aliphatic rings. The fourth-order valence-corrected chi connectivity index (χ4v) is 2.42. The minimum Gasteiger partial charge on any atom is -0.496 e. The van der Waals surface area contributed by atoms with Crippen LogP contribution in [0.4, 0.5) is 0 Å². The third kappa shape index (κ3) is 5.85. The van der Waals surface area contributed by atoms with Crippen molar-refractivity contribution in [1.29, 1.82) is 0 Å². The van der Waals surface area contributed by atoms with Gasteiger partial charge in [-0.05, 0) is 43.5 Å². The second kappa shape index (κ2) is 9.38. The van der Waals surface area contributed by atoms with E-state index in [9.17, 15) is 9.59 Å². The molecule has 0 aliphatic heterocycles. The van der Waals surface area contributed by atoms with Gasteiger partial charge in [-0.25, -0.2) is 9.59 Å². The van der Waals surface area contributed by atoms with E-state index in [0.717, 1.165) is 16.7 Å². The highest BCUT2D eigenvalue weighted by atomic mass is 16.6. The number of hydrogen-bond acceptors (Lipinski definition) is 4. The van der Waals surface area contributed by atoms with E-state index in [-0.39, 0.29) is 5.75 Å². The number of rotatable bonds is 6. The lowest BCUT2D eigenvalue weighted by Gasteiger charge is -2.14. The third-order valence-corrected chi connectivity index (χ3v) is 3.77. The van der Waals surface area contributed by atoms with Crippen LogP contribution in [-0.4, -0.2) is 24.2 Å². The van der Waals surface area contributed by atoms with Gasteiger partial charge in [0, 0.05) is 5.56 Å². The molecule has 0 amide bonds. The maximum Gasteiger partial charge on any atom is 0.422 e. The fourth-order valence-electron chi connectivity index (χ4n) is 2.42. The van der Waals surface area contributed by atoms with Gasteiger partial charge in [0.1, 0.15) is 11.5 Å². The summed E-state index contributed by atoms with van der Waals surface area (Å²) < 4.78 is 10.5. The highest BCUT2D eigenvalue weighted by Crippen LogP contribution is 2.33. The largest absolute Gasteiger partial charge is 0.496 e. The fraction of sp³-hybridized carbons (Fsp3) is 0.182. The smallest absolute Gasteiger partial charge is 0.422 e. The number of allylic oxidation sites excluding steroid dienone is 2. The van der Waals surface area contributed by atoms with Crippen molar-refractivity contribution in [3.8, 4) is 11.5 Å². The number of carbonyl (C=O) groups excluding carboxylic acids is 1. The molecule has 0 heterocycles. The summed E-state index contributed by atoms with van der Waals surface area (Å²) in [6.45, 7) is 3.90. The first kappa shape index (κ1) is 20.0. The summed E-state index contributed by atoms with van der Waals surface area (Å²) in [6, 6.07) is 13.2. The van der Waals surface area contributed by atoms with E-state index in [4.69, 9.17) is 14.6 Å². The first-order valence-corrected chi connectivity index (χ1v) is 8.43. The van der Waals surface area contributed by atoms with Crippen LogP contribution >= 0.6 is 0 Å². The van der Waals surface area contributed by atoms with Crippen LogP contribution in [0.15, 0.2) is 54.1 Å². The molecule has 0 saturated heterocycles. The predicted octanol–water partition coefficient (Wildman–Crippen LogP) is 4.36. The van der Waals surface area contributed by atoms with Crippen LogP contribution in [0.25, 0.3) is 12.2 Å². The Bertz CT molecular complexity index is 875. The molecule has 2 rings (SSSR count). The summed E-state index contributed by atoms with van der Waals surface area (Å²) in [5.41, 5.74) is 3.43. The van der Waals surface area contributed by atoms with Gasteiger partial charge in [-0.15, -0.1) is 0 Å². The van der Waals surface area contributed by atoms with Gasteiger partial charge in [-0.1, -0.05) is 54.1 Å². The average Bonchev–Trinajstić information content (AvgIpc) is 2.65. The summed E-state index contributed by atoms with van der Waals surface area (Å²) in [5, 5.41) is 8.87. The molecule has 5 nitrogen and oxygen atoms in total. The monoisotopic (exact) mass is 366 g/mol. The zero-order chi connectivity index (χ0) is 19.8. The molecule has 0 saturated carbocycles. The Morgan fingerprint density at radius 2 is 1.63 bits per heavy atom. The molecule has 0 spiro atoms. The number of hydrogen-bond donors (Lipinski definition) is 1. The molecule has 0 aromatic heterocycles. The first-order valence-electron chi connectivity index (χ1n) is 8.43. The van der Waals surface area contributed by atoms with Gasteiger partial charge in [0.05, 0.1) is 7.11 Å². The van der Waals surface area contributed by atoms with Crippen molar-refractivity contribution in [3.05, 3.63) is 70.8 Å². The predicted molar refractivity (Wildman–Crippen MR) is 105 cm³/mol. The normalized spacial score (nSPS) is 10.5. The molecule has 0 unspecified atom stereocenters. The summed E-state index contributed by atoms with van der Waals surface area (Å²) in [7, 11) is 1.52. The molecular formula is C22H22O5. The molecule has 27 heavy (non-hydrogen) atoms. The van der Waals surface area contributed by atoms with Gasteiger partial charge in [0.25, 0.3) is 0 Å². The molecule has 0 bridgehead atoms. The minimum absolute atomic E-state index is 0.173. The quantitative estimate of drug-likeness (QED) is 0.270. The van der Waals surface area contributed by atoms with Crippen LogP contribution in [0.3, 0.4) is 0 Å². The number of carboxylic acid groups (broad SMARTS) is 1. The van der Waals surface area contributed by atoms with Crippen molar-refractivity contribution in [1.82, 2.24) is 0 Å². The topological polar surface area (TPSA) is 72.8 Å². The van der Waals surface area contributed by atoms with Crippen LogP contribution in [0, 0.1) is 0 Å². The van der Waals surface area contributed by atoms with E-state index in [2.05, 4.69) is 0 Å². The third-order valence-electron chi connectivity index (χ3n) is 3.77. The standard InChI is InChI=1S/C22H22O5/c1-15(2)9-12-18-19(26-3)13-17(11-10-16-7-5-4-6-8-16)14-20(18)27-22(25)21(23)24/h4-11,13-14H,12H2,1-3H3,(H,23,24)/b11-10+. The second-order valence-corrected chi connectivity index (χ2v) is 6.12. The molecule has 0 aliphatic carbocycles. The zero-order valence-corrected chi connectivity index (χ0v) is 15.6. The maximum absolute atomic E-state index is 11.6. The van der Waals surface area contributed by atoms with Crippen molar-refractivity contribution in [2.75, 3.05) is 7.11 Å². The van der Waals surface area contributed by atoms with E-state index in [0.29, 0.717) is 17.7 Å². The number of methoxy groups -OCH3 is 1. The number of carboxylic acids is 1. The Morgan fingerprint density at radius 3 is 2.22 bits per heavy atom. The number of aliphatic carboxylic acids is 1. The van der Waals surface area contributed by atoms with Crippen molar-refractivity contribution in [2.24, 2.45) is 0 Å². The highest BCUT2D eigenvalue weighted by molar-refractivity contribution is 6.29. The summed E-state index contributed by atoms with van der Waals surface area (Å²) in [5.74, 6) is -2.28. The Hall–Kier alpha value is -3.34. The van der Waals surface area contributed by atoms with Crippen molar-refractivity contribution < 1.29 is 24.2 Å². The van der Waals surface area contributed by atoms with Crippen LogP contribution < -0.4 is 9.47 Å². The summed E-state index contributed by atoms with van der Waals surface area (Å²) in [6.07, 6.45) is 6.17. The molecule has 0 radical (unpaired) electrons. The number of benzene rings is 2. The lowest BCUT2D eigenvalue weighted by molar-refractivity contribution is -0.158. The number of carbonyl (C=O) groups is 2. The molecule has 0 fully saturated rings. The summed E-state index contributed by atoms with van der Waals surface area (Å²) in [4.78, 5) is 22.5. The van der Waals surface area contributed by atoms with Crippen LogP contribution in [-0.2, 0) is 16.0 Å². The molecule has 2 aromatic carbocycles. The van der Waals surface area contributed by atoms with Gasteiger partial charge in [-0.2, -0.15) is 0 Å². The zero-order valence-electron chi connectivity index (χ0n) is 15.6. The van der Waals surface area contributed by atoms with Gasteiger partial charge < -0.3 is 14.6 Å². The van der Waals surface area contributed by atoms with Gasteiger partial charge in [0.2, 0.25) is 0 Å². The van der Waals surface area contributed by atoms with Crippen molar-refractivity contribution in [3.63, 3.8) is 0 Å². The molecule has 5 heteroatoms. The molecule has 140 valence electrons. The van der Waals surface area contributed by atoms with E-state index in [1.165, 1.54) is 7.11 Å². The van der Waals surface area contributed by atoms with E-state index in [1.807, 2.05) is 68.5 Å². The van der Waals surface area contributed by atoms with Crippen LogP contribution in [0.2, 0.25) is 0 Å². The summed E-state index contributed by atoms with van der Waals surface area (Å²) >= 11 is 0. The van der Waals surface area contributed by atoms with Gasteiger partial charge >= 0.3 is 11.9 Å². The Morgan fingerprint density at radius 1 is 1.00 bits per heavy atom. The SMILES string of the molecule is COc1cc(/C=C/c2ccccc2)cc(OC(=O)C(=O)O)c1CC=C(C)C.